The van der Waals surface area contributed by atoms with Crippen molar-refractivity contribution in [2.24, 2.45) is 5.73 Å². The van der Waals surface area contributed by atoms with Gasteiger partial charge < -0.3 is 16.0 Å². The Morgan fingerprint density at radius 2 is 2.10 bits per heavy atom. The second-order valence-electron chi connectivity index (χ2n) is 5.41. The molecular weight excluding hydrogens is 276 g/mol. The molecule has 2 saturated heterocycles. The molecule has 0 spiro atoms. The van der Waals surface area contributed by atoms with E-state index < -0.39 is 0 Å². The van der Waals surface area contributed by atoms with Gasteiger partial charge in [0.05, 0.1) is 6.54 Å². The molecule has 0 aliphatic carbocycles. The molecule has 3 N–H and O–H groups in total. The highest BCUT2D eigenvalue weighted by Crippen LogP contribution is 2.12. The fourth-order valence-corrected chi connectivity index (χ4v) is 3.64. The summed E-state index contributed by atoms with van der Waals surface area (Å²) >= 11 is 1.91. The van der Waals surface area contributed by atoms with Gasteiger partial charge in [-0.1, -0.05) is 0 Å². The highest BCUT2D eigenvalue weighted by molar-refractivity contribution is 7.99. The highest BCUT2D eigenvalue weighted by Gasteiger charge is 2.23. The molecule has 6 nitrogen and oxygen atoms in total. The van der Waals surface area contributed by atoms with E-state index >= 15 is 0 Å². The van der Waals surface area contributed by atoms with Crippen molar-refractivity contribution in [2.45, 2.75) is 18.9 Å². The van der Waals surface area contributed by atoms with E-state index in [4.69, 9.17) is 5.73 Å². The van der Waals surface area contributed by atoms with Crippen LogP contribution in [0.1, 0.15) is 12.8 Å². The average molecular weight is 300 g/mol. The van der Waals surface area contributed by atoms with Gasteiger partial charge in [-0.05, 0) is 6.42 Å². The third-order valence-electron chi connectivity index (χ3n) is 3.74. The van der Waals surface area contributed by atoms with E-state index in [2.05, 4.69) is 5.32 Å². The first kappa shape index (κ1) is 15.6. The first-order chi connectivity index (χ1) is 9.65. The number of hydrogen-bond donors (Lipinski definition) is 2. The minimum absolute atomic E-state index is 0.228. The van der Waals surface area contributed by atoms with Gasteiger partial charge in [0.1, 0.15) is 0 Å². The molecule has 7 heteroatoms. The molecule has 2 amide bonds. The Balaban J connectivity index is 1.77. The van der Waals surface area contributed by atoms with Crippen molar-refractivity contribution in [3.05, 3.63) is 0 Å². The van der Waals surface area contributed by atoms with Crippen LogP contribution in [-0.4, -0.2) is 78.4 Å². The molecule has 1 unspecified atom stereocenters. The van der Waals surface area contributed by atoms with Crippen LogP contribution >= 0.6 is 11.8 Å². The van der Waals surface area contributed by atoms with Gasteiger partial charge in [0, 0.05) is 56.7 Å². The van der Waals surface area contributed by atoms with E-state index in [1.807, 2.05) is 21.6 Å². The van der Waals surface area contributed by atoms with Gasteiger partial charge in [-0.25, -0.2) is 0 Å². The molecule has 0 radical (unpaired) electrons. The topological polar surface area (TPSA) is 78.7 Å². The van der Waals surface area contributed by atoms with Gasteiger partial charge in [0.2, 0.25) is 11.8 Å². The minimum Gasteiger partial charge on any atom is -0.369 e. The maximum atomic E-state index is 12.3. The van der Waals surface area contributed by atoms with Crippen LogP contribution < -0.4 is 11.1 Å². The van der Waals surface area contributed by atoms with E-state index in [9.17, 15) is 9.59 Å². The fraction of sp³-hybridized carbons (Fsp3) is 0.846. The lowest BCUT2D eigenvalue weighted by atomic mass is 10.2. The van der Waals surface area contributed by atoms with E-state index in [1.54, 1.807) is 0 Å². The minimum atomic E-state index is -0.298. The summed E-state index contributed by atoms with van der Waals surface area (Å²) in [4.78, 5) is 27.2. The first-order valence-corrected chi connectivity index (χ1v) is 8.40. The Morgan fingerprint density at radius 1 is 1.25 bits per heavy atom. The summed E-state index contributed by atoms with van der Waals surface area (Å²) in [6, 6.07) is 0.311. The quantitative estimate of drug-likeness (QED) is 0.703. The molecule has 1 atom stereocenters. The zero-order valence-corrected chi connectivity index (χ0v) is 12.7. The Bertz CT molecular complexity index is 347. The van der Waals surface area contributed by atoms with E-state index in [0.717, 1.165) is 44.1 Å². The van der Waals surface area contributed by atoms with Gasteiger partial charge >= 0.3 is 0 Å². The molecule has 0 aromatic heterocycles. The molecule has 0 aromatic rings. The van der Waals surface area contributed by atoms with Crippen molar-refractivity contribution in [3.63, 3.8) is 0 Å². The standard InChI is InChI=1S/C13H24N4O2S/c14-12(18)9-16-3-1-4-17(6-5-16)13(19)8-11-10-20-7-2-15-11/h11,15H,1-10H2,(H2,14,18). The van der Waals surface area contributed by atoms with Crippen LogP contribution in [0.5, 0.6) is 0 Å². The van der Waals surface area contributed by atoms with Gasteiger partial charge in [-0.2, -0.15) is 11.8 Å². The van der Waals surface area contributed by atoms with Crippen LogP contribution in [0.3, 0.4) is 0 Å². The number of hydrogen-bond acceptors (Lipinski definition) is 5. The van der Waals surface area contributed by atoms with Crippen molar-refractivity contribution in [1.82, 2.24) is 15.1 Å². The number of carbonyl (C=O) groups is 2. The van der Waals surface area contributed by atoms with E-state index in [0.29, 0.717) is 25.6 Å². The molecule has 0 aromatic carbocycles. The molecule has 2 rings (SSSR count). The summed E-state index contributed by atoms with van der Waals surface area (Å²) in [5.74, 6) is 2.09. The third-order valence-corrected chi connectivity index (χ3v) is 4.87. The summed E-state index contributed by atoms with van der Waals surface area (Å²) in [6.07, 6.45) is 1.49. The van der Waals surface area contributed by atoms with Gasteiger partial charge in [0.25, 0.3) is 0 Å². The third kappa shape index (κ3) is 4.96. The van der Waals surface area contributed by atoms with Gasteiger partial charge in [0.15, 0.2) is 0 Å². The monoisotopic (exact) mass is 300 g/mol. The molecule has 0 saturated carbocycles. The normalized spacial score (nSPS) is 25.2. The maximum Gasteiger partial charge on any atom is 0.231 e. The second-order valence-corrected chi connectivity index (χ2v) is 6.56. The van der Waals surface area contributed by atoms with Crippen LogP contribution in [0.25, 0.3) is 0 Å². The van der Waals surface area contributed by atoms with Crippen molar-refractivity contribution >= 4 is 23.6 Å². The zero-order valence-electron chi connectivity index (χ0n) is 11.8. The SMILES string of the molecule is NC(=O)CN1CCCN(C(=O)CC2CSCCN2)CC1. The van der Waals surface area contributed by atoms with Crippen LogP contribution in [0.4, 0.5) is 0 Å². The summed E-state index contributed by atoms with van der Waals surface area (Å²) in [5.41, 5.74) is 5.22. The number of primary amides is 1. The van der Waals surface area contributed by atoms with E-state index in [-0.39, 0.29) is 11.8 Å². The smallest absolute Gasteiger partial charge is 0.231 e. The zero-order chi connectivity index (χ0) is 14.4. The van der Waals surface area contributed by atoms with Crippen LogP contribution in [0.15, 0.2) is 0 Å². The van der Waals surface area contributed by atoms with Crippen LogP contribution in [0.2, 0.25) is 0 Å². The van der Waals surface area contributed by atoms with Gasteiger partial charge in [-0.15, -0.1) is 0 Å². The summed E-state index contributed by atoms with van der Waals surface area (Å²) in [6.45, 7) is 4.35. The van der Waals surface area contributed by atoms with Crippen LogP contribution in [-0.2, 0) is 9.59 Å². The molecule has 2 aliphatic heterocycles. The summed E-state index contributed by atoms with van der Waals surface area (Å²) in [7, 11) is 0. The Labute approximate surface area is 124 Å². The van der Waals surface area contributed by atoms with Gasteiger partial charge in [-0.3, -0.25) is 14.5 Å². The van der Waals surface area contributed by atoms with Crippen molar-refractivity contribution in [3.8, 4) is 0 Å². The van der Waals surface area contributed by atoms with Crippen LogP contribution in [0, 0.1) is 0 Å². The number of carbonyl (C=O) groups excluding carboxylic acids is 2. The lowest BCUT2D eigenvalue weighted by molar-refractivity contribution is -0.131. The molecule has 114 valence electrons. The number of thioether (sulfide) groups is 1. The molecular formula is C13H24N4O2S. The number of nitrogens with zero attached hydrogens (tertiary/aromatic N) is 2. The lowest BCUT2D eigenvalue weighted by Crippen LogP contribution is -2.43. The summed E-state index contributed by atoms with van der Waals surface area (Å²) < 4.78 is 0. The molecule has 2 aliphatic rings. The van der Waals surface area contributed by atoms with Crippen molar-refractivity contribution in [2.75, 3.05) is 50.8 Å². The highest BCUT2D eigenvalue weighted by atomic mass is 32.2. The Kier molecular flexibility index (Phi) is 6.12. The lowest BCUT2D eigenvalue weighted by Gasteiger charge is -2.26. The van der Waals surface area contributed by atoms with E-state index in [1.165, 1.54) is 0 Å². The van der Waals surface area contributed by atoms with Crippen molar-refractivity contribution < 1.29 is 9.59 Å². The molecule has 2 fully saturated rings. The second kappa shape index (κ2) is 7.85. The number of nitrogens with one attached hydrogen (secondary N) is 1. The number of nitrogens with two attached hydrogens (primary N) is 1. The molecule has 20 heavy (non-hydrogen) atoms. The molecule has 0 bridgehead atoms. The predicted octanol–water partition coefficient (Wildman–Crippen LogP) is -0.899. The first-order valence-electron chi connectivity index (χ1n) is 7.24. The average Bonchev–Trinajstić information content (AvgIpc) is 2.65. The molecule has 2 heterocycles. The van der Waals surface area contributed by atoms with Crippen molar-refractivity contribution in [1.29, 1.82) is 0 Å². The Morgan fingerprint density at radius 3 is 2.80 bits per heavy atom. The Hall–Kier alpha value is -0.790. The number of rotatable bonds is 4. The largest absolute Gasteiger partial charge is 0.369 e. The summed E-state index contributed by atoms with van der Waals surface area (Å²) in [5, 5.41) is 3.40. The maximum absolute atomic E-state index is 12.3. The fourth-order valence-electron chi connectivity index (χ4n) is 2.69. The number of amides is 2. The predicted molar refractivity (Wildman–Crippen MR) is 80.6 cm³/mol.